The summed E-state index contributed by atoms with van der Waals surface area (Å²) in [6.07, 6.45) is 2.77. The molecule has 3 aromatic rings. The second kappa shape index (κ2) is 8.45. The fourth-order valence-corrected chi connectivity index (χ4v) is 3.94. The van der Waals surface area contributed by atoms with Gasteiger partial charge in [-0.2, -0.15) is 4.68 Å². The summed E-state index contributed by atoms with van der Waals surface area (Å²) in [5.74, 6) is -0.282. The maximum absolute atomic E-state index is 13.0. The van der Waals surface area contributed by atoms with Crippen molar-refractivity contribution in [2.75, 3.05) is 5.32 Å². The quantitative estimate of drug-likeness (QED) is 0.513. The number of urea groups is 1. The van der Waals surface area contributed by atoms with Crippen LogP contribution < -0.4 is 21.5 Å². The second-order valence-electron chi connectivity index (χ2n) is 8.36. The number of benzene rings is 2. The van der Waals surface area contributed by atoms with Crippen molar-refractivity contribution in [1.29, 1.82) is 0 Å². The molecule has 1 unspecified atom stereocenters. The Bertz CT molecular complexity index is 1310. The first-order valence-electron chi connectivity index (χ1n) is 10.8. The van der Waals surface area contributed by atoms with Crippen molar-refractivity contribution >= 4 is 34.4 Å². The Hall–Kier alpha value is -4.08. The Kier molecular flexibility index (Phi) is 5.33. The molecule has 5 rings (SSSR count). The molecule has 2 aliphatic rings. The van der Waals surface area contributed by atoms with Crippen LogP contribution in [-0.2, 0) is 16.1 Å². The van der Waals surface area contributed by atoms with Gasteiger partial charge in [-0.3, -0.25) is 19.7 Å². The summed E-state index contributed by atoms with van der Waals surface area (Å²) in [6, 6.07) is 11.6. The molecule has 1 aliphatic heterocycles. The van der Waals surface area contributed by atoms with Gasteiger partial charge in [0.2, 0.25) is 5.91 Å². The average molecular weight is 446 g/mol. The van der Waals surface area contributed by atoms with Gasteiger partial charge < -0.3 is 10.6 Å². The second-order valence-corrected chi connectivity index (χ2v) is 8.36. The minimum atomic E-state index is -0.883. The van der Waals surface area contributed by atoms with Gasteiger partial charge in [0, 0.05) is 18.7 Å². The molecule has 1 aromatic heterocycles. The van der Waals surface area contributed by atoms with E-state index in [2.05, 4.69) is 26.3 Å². The van der Waals surface area contributed by atoms with Crippen LogP contribution in [0.3, 0.4) is 0 Å². The fourth-order valence-electron chi connectivity index (χ4n) is 3.94. The molecular weight excluding hydrogens is 424 g/mol. The number of fused-ring (bicyclic) bond motifs is 1. The predicted octanol–water partition coefficient (Wildman–Crippen LogP) is 1.97. The summed E-state index contributed by atoms with van der Waals surface area (Å²) in [4.78, 5) is 48.8. The van der Waals surface area contributed by atoms with Crippen LogP contribution in [0.25, 0.3) is 10.9 Å². The third-order valence-corrected chi connectivity index (χ3v) is 5.92. The van der Waals surface area contributed by atoms with E-state index >= 15 is 0 Å². The van der Waals surface area contributed by atoms with E-state index in [0.717, 1.165) is 4.68 Å². The lowest BCUT2D eigenvalue weighted by Gasteiger charge is -2.21. The van der Waals surface area contributed by atoms with Crippen LogP contribution in [0.4, 0.5) is 10.5 Å². The number of anilines is 1. The van der Waals surface area contributed by atoms with Gasteiger partial charge in [-0.05, 0) is 60.6 Å². The Labute approximate surface area is 188 Å². The average Bonchev–Trinajstić information content (AvgIpc) is 3.65. The van der Waals surface area contributed by atoms with E-state index in [-0.39, 0.29) is 36.7 Å². The molecule has 1 atom stereocenters. The number of piperidine rings is 1. The summed E-state index contributed by atoms with van der Waals surface area (Å²) in [5.41, 5.74) is 2.60. The van der Waals surface area contributed by atoms with Gasteiger partial charge >= 0.3 is 6.03 Å². The number of hydrogen-bond donors (Lipinski definition) is 3. The van der Waals surface area contributed by atoms with Crippen LogP contribution in [0.5, 0.6) is 0 Å². The van der Waals surface area contributed by atoms with Crippen LogP contribution in [0.15, 0.2) is 47.3 Å². The molecule has 33 heavy (non-hydrogen) atoms. The van der Waals surface area contributed by atoms with Gasteiger partial charge in [0.1, 0.15) is 11.6 Å². The third kappa shape index (κ3) is 4.45. The molecule has 2 heterocycles. The lowest BCUT2D eigenvalue weighted by Crippen LogP contribution is -2.45. The highest BCUT2D eigenvalue weighted by molar-refractivity contribution is 5.99. The third-order valence-electron chi connectivity index (χ3n) is 5.92. The van der Waals surface area contributed by atoms with Gasteiger partial charge in [-0.25, -0.2) is 4.79 Å². The van der Waals surface area contributed by atoms with Crippen LogP contribution >= 0.6 is 0 Å². The number of hydrogen-bond acceptors (Lipinski definition) is 6. The molecule has 0 spiro atoms. The van der Waals surface area contributed by atoms with E-state index in [9.17, 15) is 19.2 Å². The molecule has 168 valence electrons. The van der Waals surface area contributed by atoms with Crippen molar-refractivity contribution in [2.24, 2.45) is 0 Å². The first-order valence-corrected chi connectivity index (χ1v) is 10.8. The molecule has 2 aromatic carbocycles. The number of amides is 4. The summed E-state index contributed by atoms with van der Waals surface area (Å²) in [6.45, 7) is 0.197. The molecule has 0 radical (unpaired) electrons. The molecule has 10 nitrogen and oxygen atoms in total. The van der Waals surface area contributed by atoms with Crippen LogP contribution in [0.1, 0.15) is 48.8 Å². The van der Waals surface area contributed by atoms with Crippen molar-refractivity contribution in [1.82, 2.24) is 25.6 Å². The SMILES string of the molecule is O=C1CCC(n2nnc3ccc(CNC(=O)Nc4ccc(C5CC5)cc4)cc3c2=O)C(=O)N1. The predicted molar refractivity (Wildman–Crippen MR) is 119 cm³/mol. The molecule has 1 aliphatic carbocycles. The van der Waals surface area contributed by atoms with E-state index < -0.39 is 17.5 Å². The molecule has 10 heteroatoms. The topological polar surface area (TPSA) is 135 Å². The zero-order valence-corrected chi connectivity index (χ0v) is 17.7. The van der Waals surface area contributed by atoms with Crippen molar-refractivity contribution < 1.29 is 14.4 Å². The summed E-state index contributed by atoms with van der Waals surface area (Å²) in [5, 5.41) is 16.0. The first kappa shape index (κ1) is 20.8. The summed E-state index contributed by atoms with van der Waals surface area (Å²) < 4.78 is 1.01. The molecule has 0 bridgehead atoms. The highest BCUT2D eigenvalue weighted by atomic mass is 16.2. The normalized spacial score (nSPS) is 18.1. The molecule has 2 fully saturated rings. The molecule has 1 saturated carbocycles. The summed E-state index contributed by atoms with van der Waals surface area (Å²) in [7, 11) is 0. The van der Waals surface area contributed by atoms with Gasteiger partial charge in [0.05, 0.1) is 5.39 Å². The molecule has 1 saturated heterocycles. The zero-order chi connectivity index (χ0) is 22.9. The largest absolute Gasteiger partial charge is 0.334 e. The van der Waals surface area contributed by atoms with Gasteiger partial charge in [-0.15, -0.1) is 5.10 Å². The Balaban J connectivity index is 1.27. The van der Waals surface area contributed by atoms with E-state index in [1.54, 1.807) is 18.2 Å². The van der Waals surface area contributed by atoms with Crippen LogP contribution in [0.2, 0.25) is 0 Å². The number of rotatable bonds is 5. The highest BCUT2D eigenvalue weighted by Crippen LogP contribution is 2.40. The maximum Gasteiger partial charge on any atom is 0.319 e. The summed E-state index contributed by atoms with van der Waals surface area (Å²) >= 11 is 0. The first-order chi connectivity index (χ1) is 16.0. The minimum absolute atomic E-state index is 0.130. The van der Waals surface area contributed by atoms with Crippen molar-refractivity contribution in [3.8, 4) is 0 Å². The number of carbonyl (C=O) groups is 3. The Morgan fingerprint density at radius 2 is 1.85 bits per heavy atom. The van der Waals surface area contributed by atoms with Crippen molar-refractivity contribution in [2.45, 2.75) is 44.2 Å². The number of aromatic nitrogens is 3. The number of nitrogens with one attached hydrogen (secondary N) is 3. The Morgan fingerprint density at radius 1 is 1.06 bits per heavy atom. The van der Waals surface area contributed by atoms with Gasteiger partial charge in [-0.1, -0.05) is 23.4 Å². The van der Waals surface area contributed by atoms with Crippen molar-refractivity contribution in [3.05, 3.63) is 63.9 Å². The number of carbonyl (C=O) groups excluding carboxylic acids is 3. The van der Waals surface area contributed by atoms with Gasteiger partial charge in [0.25, 0.3) is 11.5 Å². The fraction of sp³-hybridized carbons (Fsp3) is 0.304. The molecular formula is C23H22N6O4. The van der Waals surface area contributed by atoms with Gasteiger partial charge in [0.15, 0.2) is 0 Å². The van der Waals surface area contributed by atoms with E-state index in [1.807, 2.05) is 24.3 Å². The van der Waals surface area contributed by atoms with E-state index in [4.69, 9.17) is 0 Å². The number of nitrogens with zero attached hydrogens (tertiary/aromatic N) is 3. The van der Waals surface area contributed by atoms with E-state index in [1.165, 1.54) is 18.4 Å². The van der Waals surface area contributed by atoms with Crippen LogP contribution in [0, 0.1) is 0 Å². The lowest BCUT2D eigenvalue weighted by molar-refractivity contribution is -0.136. The standard InChI is InChI=1S/C23H22N6O4/c30-20-10-9-19(21(31)26-20)29-22(32)17-11-13(1-8-18(17)27-28-29)12-24-23(33)25-16-6-4-15(5-7-16)14-2-3-14/h1,4-8,11,14,19H,2-3,9-10,12H2,(H2,24,25,33)(H,26,30,31). The Morgan fingerprint density at radius 3 is 2.58 bits per heavy atom. The monoisotopic (exact) mass is 446 g/mol. The maximum atomic E-state index is 13.0. The lowest BCUT2D eigenvalue weighted by atomic mass is 10.1. The molecule has 4 amide bonds. The molecule has 3 N–H and O–H groups in total. The van der Waals surface area contributed by atoms with Crippen molar-refractivity contribution in [3.63, 3.8) is 0 Å². The number of imide groups is 1. The minimum Gasteiger partial charge on any atom is -0.334 e. The van der Waals surface area contributed by atoms with E-state index in [0.29, 0.717) is 22.7 Å². The zero-order valence-electron chi connectivity index (χ0n) is 17.7. The van der Waals surface area contributed by atoms with Crippen LogP contribution in [-0.4, -0.2) is 32.8 Å². The highest BCUT2D eigenvalue weighted by Gasteiger charge is 2.30. The smallest absolute Gasteiger partial charge is 0.319 e.